The van der Waals surface area contributed by atoms with Crippen molar-refractivity contribution in [2.75, 3.05) is 13.2 Å². The van der Waals surface area contributed by atoms with E-state index in [0.29, 0.717) is 0 Å². The average Bonchev–Trinajstić information content (AvgIpc) is 2.60. The highest BCUT2D eigenvalue weighted by atomic mass is 16.7. The minimum atomic E-state index is -1.56. The molecule has 1 amide bonds. The summed E-state index contributed by atoms with van der Waals surface area (Å²) in [5.41, 5.74) is 0. The van der Waals surface area contributed by atoms with Crippen molar-refractivity contribution in [2.24, 2.45) is 5.92 Å². The molecule has 2 aliphatic rings. The van der Waals surface area contributed by atoms with Gasteiger partial charge in [-0.05, 0) is 6.42 Å². The fourth-order valence-electron chi connectivity index (χ4n) is 3.38. The summed E-state index contributed by atoms with van der Waals surface area (Å²) in [7, 11) is 0. The van der Waals surface area contributed by atoms with Crippen LogP contribution in [0.15, 0.2) is 0 Å². The Labute approximate surface area is 149 Å². The van der Waals surface area contributed by atoms with Crippen LogP contribution >= 0.6 is 0 Å². The van der Waals surface area contributed by atoms with Gasteiger partial charge < -0.3 is 50.5 Å². The number of ether oxygens (including phenoxy) is 2. The monoisotopic (exact) mass is 381 g/mol. The van der Waals surface area contributed by atoms with Crippen molar-refractivity contribution in [3.05, 3.63) is 0 Å². The first kappa shape index (κ1) is 21.4. The summed E-state index contributed by atoms with van der Waals surface area (Å²) in [6.45, 7) is 0.0952. The molecular formula is C15H27NO10. The summed E-state index contributed by atoms with van der Waals surface area (Å²) < 4.78 is 10.9. The van der Waals surface area contributed by atoms with Gasteiger partial charge in [0.2, 0.25) is 5.91 Å². The Kier molecular flexibility index (Phi) is 7.30. The lowest BCUT2D eigenvalue weighted by molar-refractivity contribution is -0.308. The number of carbonyl (C=O) groups is 1. The van der Waals surface area contributed by atoms with Gasteiger partial charge >= 0.3 is 0 Å². The van der Waals surface area contributed by atoms with E-state index in [1.54, 1.807) is 0 Å². The molecule has 0 spiro atoms. The zero-order chi connectivity index (χ0) is 19.6. The van der Waals surface area contributed by atoms with Gasteiger partial charge in [-0.15, -0.1) is 0 Å². The first-order valence-electron chi connectivity index (χ1n) is 8.41. The molecule has 0 radical (unpaired) electrons. The topological polar surface area (TPSA) is 189 Å². The van der Waals surface area contributed by atoms with Crippen molar-refractivity contribution in [3.63, 3.8) is 0 Å². The molecule has 1 aliphatic carbocycles. The van der Waals surface area contributed by atoms with Gasteiger partial charge in [-0.1, -0.05) is 0 Å². The van der Waals surface area contributed by atoms with E-state index in [2.05, 4.69) is 5.32 Å². The van der Waals surface area contributed by atoms with E-state index in [1.807, 2.05) is 0 Å². The van der Waals surface area contributed by atoms with Gasteiger partial charge in [0.05, 0.1) is 18.8 Å². The van der Waals surface area contributed by atoms with E-state index in [1.165, 1.54) is 6.92 Å². The Bertz CT molecular complexity index is 479. The lowest BCUT2D eigenvalue weighted by Gasteiger charge is -2.46. The van der Waals surface area contributed by atoms with Crippen molar-refractivity contribution in [2.45, 2.75) is 68.4 Å². The smallest absolute Gasteiger partial charge is 0.217 e. The third kappa shape index (κ3) is 4.32. The van der Waals surface area contributed by atoms with Crippen LogP contribution in [0.25, 0.3) is 0 Å². The first-order valence-corrected chi connectivity index (χ1v) is 8.41. The highest BCUT2D eigenvalue weighted by Crippen LogP contribution is 2.31. The molecule has 2 fully saturated rings. The first-order chi connectivity index (χ1) is 12.2. The Morgan fingerprint density at radius 3 is 2.23 bits per heavy atom. The van der Waals surface area contributed by atoms with Crippen LogP contribution < -0.4 is 5.32 Å². The van der Waals surface area contributed by atoms with Crippen LogP contribution in [0.5, 0.6) is 0 Å². The summed E-state index contributed by atoms with van der Waals surface area (Å²) in [6.07, 6.45) is -11.2. The van der Waals surface area contributed by atoms with Crippen LogP contribution in [0, 0.1) is 5.92 Å². The van der Waals surface area contributed by atoms with E-state index in [0.717, 1.165) is 0 Å². The molecule has 26 heavy (non-hydrogen) atoms. The van der Waals surface area contributed by atoms with Gasteiger partial charge in [-0.2, -0.15) is 0 Å². The van der Waals surface area contributed by atoms with Gasteiger partial charge in [-0.3, -0.25) is 4.79 Å². The lowest BCUT2D eigenvalue weighted by Crippen LogP contribution is -2.66. The molecule has 0 aromatic heterocycles. The number of carbonyl (C=O) groups excluding carboxylic acids is 1. The second-order valence-corrected chi connectivity index (χ2v) is 6.76. The van der Waals surface area contributed by atoms with E-state index >= 15 is 0 Å². The maximum Gasteiger partial charge on any atom is 0.217 e. The van der Waals surface area contributed by atoms with Crippen molar-refractivity contribution < 1.29 is 50.0 Å². The number of hydrogen-bond donors (Lipinski definition) is 8. The molecule has 1 aliphatic heterocycles. The largest absolute Gasteiger partial charge is 0.396 e. The summed E-state index contributed by atoms with van der Waals surface area (Å²) in [5, 5.41) is 71.4. The SMILES string of the molecule is CC(=O)NC1C(OC2C(O)CC(CO)C(O)C2O)OC(CO)C(O)C1O. The molecule has 8 N–H and O–H groups in total. The number of amides is 1. The Morgan fingerprint density at radius 2 is 1.69 bits per heavy atom. The van der Waals surface area contributed by atoms with E-state index in [9.17, 15) is 40.5 Å². The minimum absolute atomic E-state index is 0.0501. The second-order valence-electron chi connectivity index (χ2n) is 6.76. The van der Waals surface area contributed by atoms with Crippen LogP contribution in [0.1, 0.15) is 13.3 Å². The summed E-state index contributed by atoms with van der Waals surface area (Å²) in [4.78, 5) is 11.4. The fourth-order valence-corrected chi connectivity index (χ4v) is 3.38. The van der Waals surface area contributed by atoms with Crippen LogP contribution in [-0.2, 0) is 14.3 Å². The molecule has 1 saturated carbocycles. The lowest BCUT2D eigenvalue weighted by atomic mass is 9.81. The quantitative estimate of drug-likeness (QED) is 0.230. The normalized spacial score (nSPS) is 46.8. The zero-order valence-electron chi connectivity index (χ0n) is 14.3. The van der Waals surface area contributed by atoms with Gasteiger partial charge in [-0.25, -0.2) is 0 Å². The van der Waals surface area contributed by atoms with Crippen molar-refractivity contribution in [1.29, 1.82) is 0 Å². The predicted molar refractivity (Wildman–Crippen MR) is 83.5 cm³/mol. The Morgan fingerprint density at radius 1 is 1.04 bits per heavy atom. The van der Waals surface area contributed by atoms with Crippen molar-refractivity contribution >= 4 is 5.91 Å². The number of nitrogens with one attached hydrogen (secondary N) is 1. The molecule has 1 saturated heterocycles. The molecular weight excluding hydrogens is 354 g/mol. The maximum atomic E-state index is 11.4. The Balaban J connectivity index is 2.18. The van der Waals surface area contributed by atoms with Crippen LogP contribution in [0.2, 0.25) is 0 Å². The van der Waals surface area contributed by atoms with Crippen LogP contribution in [0.4, 0.5) is 0 Å². The fraction of sp³-hybridized carbons (Fsp3) is 0.933. The van der Waals surface area contributed by atoms with Gasteiger partial charge in [0, 0.05) is 19.4 Å². The molecule has 11 nitrogen and oxygen atoms in total. The summed E-state index contributed by atoms with van der Waals surface area (Å²) in [6, 6.07) is -1.24. The minimum Gasteiger partial charge on any atom is -0.396 e. The van der Waals surface area contributed by atoms with Gasteiger partial charge in [0.15, 0.2) is 6.29 Å². The molecule has 0 aromatic carbocycles. The standard InChI is InChI=1S/C15H27NO10/c1-5(19)16-9-12(23)11(22)8(4-18)25-15(9)26-14-7(20)2-6(3-17)10(21)13(14)24/h6-15,17-18,20-24H,2-4H2,1H3,(H,16,19). The summed E-state index contributed by atoms with van der Waals surface area (Å²) in [5.74, 6) is -1.29. The van der Waals surface area contributed by atoms with Gasteiger partial charge in [0.1, 0.15) is 36.6 Å². The molecule has 152 valence electrons. The molecule has 0 aromatic rings. The van der Waals surface area contributed by atoms with Crippen molar-refractivity contribution in [3.8, 4) is 0 Å². The average molecular weight is 381 g/mol. The highest BCUT2D eigenvalue weighted by Gasteiger charge is 2.50. The van der Waals surface area contributed by atoms with E-state index in [-0.39, 0.29) is 6.42 Å². The molecule has 0 bridgehead atoms. The number of rotatable bonds is 5. The summed E-state index contributed by atoms with van der Waals surface area (Å²) >= 11 is 0. The molecule has 2 rings (SSSR count). The molecule has 1 heterocycles. The van der Waals surface area contributed by atoms with E-state index in [4.69, 9.17) is 9.47 Å². The van der Waals surface area contributed by atoms with Crippen molar-refractivity contribution in [1.82, 2.24) is 5.32 Å². The molecule has 10 unspecified atom stereocenters. The van der Waals surface area contributed by atoms with E-state index < -0.39 is 80.1 Å². The number of aliphatic hydroxyl groups is 7. The highest BCUT2D eigenvalue weighted by molar-refractivity contribution is 5.73. The number of aliphatic hydroxyl groups excluding tert-OH is 7. The van der Waals surface area contributed by atoms with Crippen LogP contribution in [0.3, 0.4) is 0 Å². The zero-order valence-corrected chi connectivity index (χ0v) is 14.3. The molecule has 10 atom stereocenters. The predicted octanol–water partition coefficient (Wildman–Crippen LogP) is -4.59. The third-order valence-electron chi connectivity index (χ3n) is 4.87. The Hall–Kier alpha value is -0.890. The van der Waals surface area contributed by atoms with Gasteiger partial charge in [0.25, 0.3) is 0 Å². The molecule has 11 heteroatoms. The second kappa shape index (κ2) is 8.87. The van der Waals surface area contributed by atoms with Crippen LogP contribution in [-0.4, -0.2) is 110 Å². The maximum absolute atomic E-state index is 11.4. The number of hydrogen-bond acceptors (Lipinski definition) is 10. The third-order valence-corrected chi connectivity index (χ3v) is 4.87.